The quantitative estimate of drug-likeness (QED) is 0.789. The van der Waals surface area contributed by atoms with Crippen LogP contribution in [-0.2, 0) is 4.79 Å². The second-order valence-corrected chi connectivity index (χ2v) is 5.63. The third-order valence-corrected chi connectivity index (χ3v) is 4.33. The Kier molecular flexibility index (Phi) is 5.45. The lowest BCUT2D eigenvalue weighted by Gasteiger charge is -2.41. The maximum absolute atomic E-state index is 11.7. The van der Waals surface area contributed by atoms with Gasteiger partial charge in [0.2, 0.25) is 5.91 Å². The van der Waals surface area contributed by atoms with Crippen LogP contribution in [0.1, 0.15) is 44.9 Å². The first-order valence-corrected chi connectivity index (χ1v) is 7.48. The van der Waals surface area contributed by atoms with Crippen LogP contribution in [0.3, 0.4) is 0 Å². The maximum Gasteiger partial charge on any atom is 0.221 e. The predicted molar refractivity (Wildman–Crippen MR) is 73.5 cm³/mol. The molecule has 2 fully saturated rings. The molecule has 0 bridgehead atoms. The summed E-state index contributed by atoms with van der Waals surface area (Å²) in [5.74, 6) is 0.246. The van der Waals surface area contributed by atoms with Crippen molar-refractivity contribution in [3.05, 3.63) is 0 Å². The van der Waals surface area contributed by atoms with E-state index in [1.165, 1.54) is 38.6 Å². The van der Waals surface area contributed by atoms with Gasteiger partial charge in [0.15, 0.2) is 0 Å². The lowest BCUT2D eigenvalue weighted by Crippen LogP contribution is -2.48. The van der Waals surface area contributed by atoms with Gasteiger partial charge in [0.25, 0.3) is 0 Å². The van der Waals surface area contributed by atoms with Crippen molar-refractivity contribution in [3.63, 3.8) is 0 Å². The molecule has 0 aliphatic carbocycles. The average molecular weight is 253 g/mol. The van der Waals surface area contributed by atoms with Gasteiger partial charge in [-0.2, -0.15) is 0 Å². The van der Waals surface area contributed by atoms with Gasteiger partial charge in [-0.05, 0) is 52.2 Å². The van der Waals surface area contributed by atoms with Crippen LogP contribution in [0.15, 0.2) is 0 Å². The maximum atomic E-state index is 11.7. The molecule has 2 aliphatic rings. The molecule has 2 heterocycles. The molecule has 0 aromatic rings. The summed E-state index contributed by atoms with van der Waals surface area (Å²) in [4.78, 5) is 14.3. The Balaban J connectivity index is 1.95. The highest BCUT2D eigenvalue weighted by Crippen LogP contribution is 2.26. The minimum absolute atomic E-state index is 0.246. The van der Waals surface area contributed by atoms with Crippen LogP contribution >= 0.6 is 0 Å². The summed E-state index contributed by atoms with van der Waals surface area (Å²) < 4.78 is 0. The molecule has 2 rings (SSSR count). The number of hydrogen-bond donors (Lipinski definition) is 2. The van der Waals surface area contributed by atoms with Gasteiger partial charge in [0.05, 0.1) is 0 Å². The second kappa shape index (κ2) is 7.10. The Morgan fingerprint density at radius 3 is 3.06 bits per heavy atom. The number of carbonyl (C=O) groups is 1. The Bertz CT molecular complexity index is 270. The van der Waals surface area contributed by atoms with Crippen molar-refractivity contribution in [2.45, 2.75) is 57.0 Å². The van der Waals surface area contributed by atoms with E-state index in [-0.39, 0.29) is 5.91 Å². The summed E-state index contributed by atoms with van der Waals surface area (Å²) in [6.45, 7) is 3.14. The first kappa shape index (κ1) is 13.8. The monoisotopic (exact) mass is 253 g/mol. The van der Waals surface area contributed by atoms with Crippen molar-refractivity contribution in [2.24, 2.45) is 0 Å². The minimum Gasteiger partial charge on any atom is -0.356 e. The molecule has 0 saturated carbocycles. The molecule has 2 aliphatic heterocycles. The number of hydrogen-bond acceptors (Lipinski definition) is 3. The summed E-state index contributed by atoms with van der Waals surface area (Å²) in [5.41, 5.74) is 0. The number of nitrogens with zero attached hydrogens (tertiary/aromatic N) is 1. The normalized spacial score (nSPS) is 30.8. The van der Waals surface area contributed by atoms with Gasteiger partial charge < -0.3 is 10.6 Å². The summed E-state index contributed by atoms with van der Waals surface area (Å²) in [7, 11) is 2.02. The molecule has 0 radical (unpaired) electrons. The highest BCUT2D eigenvalue weighted by atomic mass is 16.1. The summed E-state index contributed by atoms with van der Waals surface area (Å²) in [5, 5.41) is 6.25. The first-order chi connectivity index (χ1) is 8.81. The number of rotatable bonds is 4. The van der Waals surface area contributed by atoms with Gasteiger partial charge in [-0.1, -0.05) is 6.42 Å². The van der Waals surface area contributed by atoms with E-state index < -0.39 is 0 Å². The zero-order valence-electron chi connectivity index (χ0n) is 11.6. The van der Waals surface area contributed by atoms with Gasteiger partial charge in [-0.3, -0.25) is 9.69 Å². The Hall–Kier alpha value is -0.610. The highest BCUT2D eigenvalue weighted by molar-refractivity contribution is 5.76. The van der Waals surface area contributed by atoms with E-state index in [4.69, 9.17) is 0 Å². The summed E-state index contributed by atoms with van der Waals surface area (Å²) in [6.07, 6.45) is 8.18. The number of nitrogens with one attached hydrogen (secondary N) is 2. The van der Waals surface area contributed by atoms with Crippen LogP contribution in [0.25, 0.3) is 0 Å². The lowest BCUT2D eigenvalue weighted by molar-refractivity contribution is -0.122. The van der Waals surface area contributed by atoms with Crippen molar-refractivity contribution < 1.29 is 4.79 Å². The molecular formula is C14H27N3O. The molecule has 2 N–H and O–H groups in total. The standard InChI is InChI=1S/C14H27N3O/c1-15-9-7-12-5-2-3-10-17(12)13-6-4-8-16-14(18)11-13/h12-13,15H,2-11H2,1H3,(H,16,18). The molecule has 2 unspecified atom stereocenters. The summed E-state index contributed by atoms with van der Waals surface area (Å²) >= 11 is 0. The molecule has 4 heteroatoms. The Morgan fingerprint density at radius 2 is 2.22 bits per heavy atom. The Labute approximate surface area is 110 Å². The van der Waals surface area contributed by atoms with E-state index in [2.05, 4.69) is 15.5 Å². The minimum atomic E-state index is 0.246. The molecular weight excluding hydrogens is 226 g/mol. The first-order valence-electron chi connectivity index (χ1n) is 7.48. The number of amides is 1. The van der Waals surface area contributed by atoms with Crippen molar-refractivity contribution in [2.75, 3.05) is 26.7 Å². The fourth-order valence-corrected chi connectivity index (χ4v) is 3.36. The summed E-state index contributed by atoms with van der Waals surface area (Å²) in [6, 6.07) is 1.16. The van der Waals surface area contributed by atoms with Crippen LogP contribution < -0.4 is 10.6 Å². The molecule has 0 aromatic carbocycles. The number of piperidine rings is 1. The smallest absolute Gasteiger partial charge is 0.221 e. The molecule has 1 amide bonds. The molecule has 0 aromatic heterocycles. The fourth-order valence-electron chi connectivity index (χ4n) is 3.36. The van der Waals surface area contributed by atoms with Crippen LogP contribution in [0.4, 0.5) is 0 Å². The van der Waals surface area contributed by atoms with Gasteiger partial charge >= 0.3 is 0 Å². The van der Waals surface area contributed by atoms with E-state index >= 15 is 0 Å². The number of carbonyl (C=O) groups excluding carboxylic acids is 1. The lowest BCUT2D eigenvalue weighted by atomic mass is 9.94. The van der Waals surface area contributed by atoms with Gasteiger partial charge in [0, 0.05) is 25.0 Å². The van der Waals surface area contributed by atoms with Crippen LogP contribution in [0.5, 0.6) is 0 Å². The second-order valence-electron chi connectivity index (χ2n) is 5.63. The third kappa shape index (κ3) is 3.69. The van der Waals surface area contributed by atoms with E-state index in [1.54, 1.807) is 0 Å². The van der Waals surface area contributed by atoms with E-state index in [0.29, 0.717) is 18.5 Å². The fraction of sp³-hybridized carbons (Fsp3) is 0.929. The molecule has 18 heavy (non-hydrogen) atoms. The van der Waals surface area contributed by atoms with Gasteiger partial charge in [0.1, 0.15) is 0 Å². The van der Waals surface area contributed by atoms with E-state index in [9.17, 15) is 4.79 Å². The van der Waals surface area contributed by atoms with Crippen LogP contribution in [-0.4, -0.2) is 49.6 Å². The zero-order chi connectivity index (χ0) is 12.8. The zero-order valence-corrected chi connectivity index (χ0v) is 11.6. The van der Waals surface area contributed by atoms with Gasteiger partial charge in [-0.15, -0.1) is 0 Å². The third-order valence-electron chi connectivity index (χ3n) is 4.33. The molecule has 4 nitrogen and oxygen atoms in total. The predicted octanol–water partition coefficient (Wildman–Crippen LogP) is 1.12. The van der Waals surface area contributed by atoms with Crippen molar-refractivity contribution >= 4 is 5.91 Å². The number of likely N-dealkylation sites (tertiary alicyclic amines) is 1. The van der Waals surface area contributed by atoms with Gasteiger partial charge in [-0.25, -0.2) is 0 Å². The van der Waals surface area contributed by atoms with Crippen LogP contribution in [0, 0.1) is 0 Å². The average Bonchev–Trinajstić information content (AvgIpc) is 2.61. The molecule has 104 valence electrons. The van der Waals surface area contributed by atoms with Crippen molar-refractivity contribution in [1.82, 2.24) is 15.5 Å². The largest absolute Gasteiger partial charge is 0.356 e. The van der Waals surface area contributed by atoms with E-state index in [1.807, 2.05) is 7.05 Å². The van der Waals surface area contributed by atoms with E-state index in [0.717, 1.165) is 19.5 Å². The van der Waals surface area contributed by atoms with Crippen LogP contribution in [0.2, 0.25) is 0 Å². The SMILES string of the molecule is CNCCC1CCCCN1C1CCCNC(=O)C1. The topological polar surface area (TPSA) is 44.4 Å². The molecule has 0 spiro atoms. The Morgan fingerprint density at radius 1 is 1.33 bits per heavy atom. The van der Waals surface area contributed by atoms with Crippen molar-refractivity contribution in [1.29, 1.82) is 0 Å². The van der Waals surface area contributed by atoms with Crippen molar-refractivity contribution in [3.8, 4) is 0 Å². The highest BCUT2D eigenvalue weighted by Gasteiger charge is 2.30. The molecule has 2 saturated heterocycles. The molecule has 2 atom stereocenters.